The van der Waals surface area contributed by atoms with Gasteiger partial charge in [0, 0.05) is 24.9 Å². The quantitative estimate of drug-likeness (QED) is 0.933. The number of nitrogens with one attached hydrogen (secondary N) is 1. The van der Waals surface area contributed by atoms with Gasteiger partial charge in [-0.2, -0.15) is 10.2 Å². The minimum Gasteiger partial charge on any atom is -0.421 e. The zero-order valence-corrected chi connectivity index (χ0v) is 12.0. The van der Waals surface area contributed by atoms with Gasteiger partial charge in [-0.15, -0.1) is 10.2 Å². The molecule has 0 aliphatic carbocycles. The summed E-state index contributed by atoms with van der Waals surface area (Å²) in [5, 5.41) is 12.8. The summed E-state index contributed by atoms with van der Waals surface area (Å²) in [5.41, 5.74) is 2.46. The second-order valence-electron chi connectivity index (χ2n) is 4.41. The molecule has 2 aromatic rings. The summed E-state index contributed by atoms with van der Waals surface area (Å²) >= 11 is 0. The number of rotatable bonds is 3. The van der Waals surface area contributed by atoms with Crippen molar-refractivity contribution in [1.82, 2.24) is 20.7 Å². The second-order valence-corrected chi connectivity index (χ2v) is 4.41. The summed E-state index contributed by atoms with van der Waals surface area (Å²) in [7, 11) is 0. The molecule has 1 aliphatic heterocycles. The van der Waals surface area contributed by atoms with E-state index in [1.807, 2.05) is 6.07 Å². The molecular weight excluding hydrogens is 298 g/mol. The first kappa shape index (κ1) is 14.5. The normalized spacial score (nSPS) is 13.2. The van der Waals surface area contributed by atoms with Crippen LogP contribution in [0.25, 0.3) is 0 Å². The van der Waals surface area contributed by atoms with Gasteiger partial charge >= 0.3 is 6.09 Å². The Morgan fingerprint density at radius 2 is 2.04 bits per heavy atom. The van der Waals surface area contributed by atoms with Crippen LogP contribution in [0.1, 0.15) is 6.42 Å². The molecule has 8 heteroatoms. The minimum atomic E-state index is -0.662. The number of hydrogen-bond donors (Lipinski definition) is 1. The molecule has 116 valence electrons. The number of para-hydroxylation sites is 1. The van der Waals surface area contributed by atoms with E-state index < -0.39 is 6.09 Å². The van der Waals surface area contributed by atoms with E-state index in [1.54, 1.807) is 54.9 Å². The molecule has 1 aromatic carbocycles. The van der Waals surface area contributed by atoms with Crippen LogP contribution in [0.15, 0.2) is 66.0 Å². The van der Waals surface area contributed by atoms with Crippen LogP contribution in [0.2, 0.25) is 0 Å². The fourth-order valence-electron chi connectivity index (χ4n) is 1.75. The minimum absolute atomic E-state index is 0.327. The lowest BCUT2D eigenvalue weighted by atomic mass is 10.3. The molecule has 1 aromatic heterocycles. The summed E-state index contributed by atoms with van der Waals surface area (Å²) in [5.74, 6) is 1.13. The molecule has 1 N–H and O–H groups in total. The number of nitrogens with zero attached hydrogens (tertiary/aromatic N) is 4. The number of hydrazone groups is 1. The molecule has 0 saturated heterocycles. The molecule has 2 heterocycles. The van der Waals surface area contributed by atoms with E-state index >= 15 is 0 Å². The van der Waals surface area contributed by atoms with Gasteiger partial charge in [-0.25, -0.2) is 10.2 Å². The van der Waals surface area contributed by atoms with E-state index in [0.717, 1.165) is 0 Å². The van der Waals surface area contributed by atoms with Crippen LogP contribution in [0.5, 0.6) is 11.6 Å². The number of benzene rings is 1. The molecule has 0 unspecified atom stereocenters. The highest BCUT2D eigenvalue weighted by molar-refractivity contribution is 5.80. The largest absolute Gasteiger partial charge is 0.433 e. The Bertz CT molecular complexity index is 718. The SMILES string of the molecule is O=C(NN1C=CCC(Oc2cccnn2)=N1)Oc1ccccc1. The van der Waals surface area contributed by atoms with Crippen LogP contribution in [0.3, 0.4) is 0 Å². The maximum atomic E-state index is 11.8. The highest BCUT2D eigenvalue weighted by atomic mass is 16.6. The summed E-state index contributed by atoms with van der Waals surface area (Å²) < 4.78 is 10.6. The van der Waals surface area contributed by atoms with Crippen molar-refractivity contribution in [3.05, 3.63) is 60.9 Å². The van der Waals surface area contributed by atoms with Gasteiger partial charge in [0.05, 0.1) is 0 Å². The molecular formula is C15H13N5O3. The fourth-order valence-corrected chi connectivity index (χ4v) is 1.75. The van der Waals surface area contributed by atoms with Crippen molar-refractivity contribution < 1.29 is 14.3 Å². The molecule has 8 nitrogen and oxygen atoms in total. The molecule has 23 heavy (non-hydrogen) atoms. The smallest absolute Gasteiger partial charge is 0.421 e. The number of hydrogen-bond acceptors (Lipinski definition) is 7. The highest BCUT2D eigenvalue weighted by Gasteiger charge is 2.13. The highest BCUT2D eigenvalue weighted by Crippen LogP contribution is 2.10. The molecule has 0 spiro atoms. The first-order valence-electron chi connectivity index (χ1n) is 6.82. The van der Waals surface area contributed by atoms with Crippen LogP contribution in [0.4, 0.5) is 4.79 Å². The lowest BCUT2D eigenvalue weighted by Crippen LogP contribution is -2.39. The van der Waals surface area contributed by atoms with Crippen LogP contribution in [0, 0.1) is 0 Å². The van der Waals surface area contributed by atoms with Crippen molar-refractivity contribution in [2.24, 2.45) is 5.10 Å². The summed E-state index contributed by atoms with van der Waals surface area (Å²) in [6.07, 6.45) is 4.73. The number of carbonyl (C=O) groups is 1. The number of aromatic nitrogens is 2. The van der Waals surface area contributed by atoms with Crippen LogP contribution in [-0.2, 0) is 0 Å². The van der Waals surface area contributed by atoms with Gasteiger partial charge in [-0.3, -0.25) is 0 Å². The van der Waals surface area contributed by atoms with Gasteiger partial charge in [-0.1, -0.05) is 24.3 Å². The monoisotopic (exact) mass is 311 g/mol. The molecule has 3 rings (SSSR count). The molecule has 1 amide bonds. The van der Waals surface area contributed by atoms with Crippen molar-refractivity contribution in [1.29, 1.82) is 0 Å². The number of ether oxygens (including phenoxy) is 2. The average Bonchev–Trinajstić information content (AvgIpc) is 2.57. The second kappa shape index (κ2) is 7.03. The summed E-state index contributed by atoms with van der Waals surface area (Å²) in [4.78, 5) is 11.8. The van der Waals surface area contributed by atoms with Crippen LogP contribution in [-0.4, -0.2) is 27.3 Å². The number of hydrazine groups is 1. The topological polar surface area (TPSA) is 88.9 Å². The predicted molar refractivity (Wildman–Crippen MR) is 81.3 cm³/mol. The zero-order chi connectivity index (χ0) is 15.9. The Morgan fingerprint density at radius 3 is 2.83 bits per heavy atom. The van der Waals surface area contributed by atoms with E-state index in [4.69, 9.17) is 9.47 Å². The van der Waals surface area contributed by atoms with Gasteiger partial charge in [0.15, 0.2) is 0 Å². The van der Waals surface area contributed by atoms with E-state index in [1.165, 1.54) is 5.12 Å². The Balaban J connectivity index is 1.58. The molecule has 0 saturated carbocycles. The van der Waals surface area contributed by atoms with E-state index in [-0.39, 0.29) is 0 Å². The van der Waals surface area contributed by atoms with E-state index in [2.05, 4.69) is 20.7 Å². The lowest BCUT2D eigenvalue weighted by molar-refractivity contribution is 0.168. The number of amides is 1. The fraction of sp³-hybridized carbons (Fsp3) is 0.0667. The van der Waals surface area contributed by atoms with Crippen molar-refractivity contribution in [2.45, 2.75) is 6.42 Å². The third kappa shape index (κ3) is 4.27. The Labute approximate surface area is 132 Å². The molecule has 0 atom stereocenters. The maximum absolute atomic E-state index is 11.8. The van der Waals surface area contributed by atoms with E-state index in [9.17, 15) is 4.79 Å². The standard InChI is InChI=1S/C15H13N5O3/c21-15(22-12-6-2-1-3-7-12)19-20-11-5-9-14(18-20)23-13-8-4-10-16-17-13/h1-8,10-11H,9H2,(H,19,21). The zero-order valence-electron chi connectivity index (χ0n) is 12.0. The molecule has 1 aliphatic rings. The third-order valence-corrected chi connectivity index (χ3v) is 2.69. The average molecular weight is 311 g/mol. The van der Waals surface area contributed by atoms with Gasteiger partial charge in [-0.05, 0) is 18.2 Å². The number of carbonyl (C=O) groups excluding carboxylic acids is 1. The van der Waals surface area contributed by atoms with Crippen molar-refractivity contribution in [3.8, 4) is 11.6 Å². The third-order valence-electron chi connectivity index (χ3n) is 2.69. The van der Waals surface area contributed by atoms with Gasteiger partial charge in [0.2, 0.25) is 11.8 Å². The predicted octanol–water partition coefficient (Wildman–Crippen LogP) is 2.09. The first-order valence-corrected chi connectivity index (χ1v) is 6.82. The maximum Gasteiger partial charge on any atom is 0.433 e. The Kier molecular flexibility index (Phi) is 4.44. The van der Waals surface area contributed by atoms with Gasteiger partial charge in [0.25, 0.3) is 0 Å². The van der Waals surface area contributed by atoms with E-state index in [0.29, 0.717) is 23.9 Å². The van der Waals surface area contributed by atoms with Gasteiger partial charge < -0.3 is 9.47 Å². The Hall–Kier alpha value is -3.42. The van der Waals surface area contributed by atoms with Crippen molar-refractivity contribution in [3.63, 3.8) is 0 Å². The van der Waals surface area contributed by atoms with Crippen molar-refractivity contribution >= 4 is 12.0 Å². The molecule has 0 fully saturated rings. The van der Waals surface area contributed by atoms with Crippen LogP contribution < -0.4 is 14.9 Å². The molecule has 0 radical (unpaired) electrons. The summed E-state index contributed by atoms with van der Waals surface area (Å²) in [6.45, 7) is 0. The van der Waals surface area contributed by atoms with Crippen molar-refractivity contribution in [2.75, 3.05) is 0 Å². The lowest BCUT2D eigenvalue weighted by Gasteiger charge is -2.19. The van der Waals surface area contributed by atoms with Crippen LogP contribution >= 0.6 is 0 Å². The molecule has 0 bridgehead atoms. The summed E-state index contributed by atoms with van der Waals surface area (Å²) in [6, 6.07) is 12.1. The Morgan fingerprint density at radius 1 is 1.17 bits per heavy atom. The van der Waals surface area contributed by atoms with Gasteiger partial charge in [0.1, 0.15) is 5.75 Å². The first-order chi connectivity index (χ1) is 11.3.